The van der Waals surface area contributed by atoms with E-state index in [1.54, 1.807) is 55.7 Å². The van der Waals surface area contributed by atoms with Crippen LogP contribution < -0.4 is 20.7 Å². The highest BCUT2D eigenvalue weighted by atomic mass is 32.2. The maximum Gasteiger partial charge on any atom is 0.272 e. The molecule has 0 aliphatic carbocycles. The zero-order valence-electron chi connectivity index (χ0n) is 24.6. The van der Waals surface area contributed by atoms with Gasteiger partial charge in [-0.1, -0.05) is 54.1 Å². The number of benzene rings is 4. The third-order valence-corrected chi connectivity index (χ3v) is 8.27. The van der Waals surface area contributed by atoms with Crippen molar-refractivity contribution in [2.75, 3.05) is 23.5 Å². The lowest BCUT2D eigenvalue weighted by molar-refractivity contribution is -0.114. The molecule has 0 aliphatic rings. The zero-order valence-corrected chi connectivity index (χ0v) is 26.2. The van der Waals surface area contributed by atoms with Gasteiger partial charge in [0.2, 0.25) is 5.91 Å². The topological polar surface area (TPSA) is 109 Å². The molecule has 0 spiro atoms. The van der Waals surface area contributed by atoms with Crippen molar-refractivity contribution < 1.29 is 19.1 Å². The van der Waals surface area contributed by atoms with Gasteiger partial charge in [-0.05, 0) is 73.2 Å². The molecule has 8 nitrogen and oxygen atoms in total. The van der Waals surface area contributed by atoms with Gasteiger partial charge in [-0.3, -0.25) is 14.4 Å². The van der Waals surface area contributed by atoms with Gasteiger partial charge in [0.15, 0.2) is 5.13 Å². The molecule has 0 bridgehead atoms. The molecule has 1 aromatic heterocycles. The molecule has 4 aromatic carbocycles. The second-order valence-corrected chi connectivity index (χ2v) is 11.8. The number of aryl methyl sites for hydroxylation is 1. The standard InChI is InChI=1S/C35H30N4O4S2/c1-23-11-13-24(14-12-23)19-30(37-33(41)26-7-4-3-5-8-26)34(42)36-27-9-6-10-29(20-27)44-22-32(40)39-35-38-31(21-45-35)25-15-17-28(43-2)18-16-25/h3-21H,22H2,1-2H3,(H,36,42)(H,37,41)(H,38,39,40)/b30-19-. The molecule has 10 heteroatoms. The Morgan fingerprint density at radius 2 is 1.64 bits per heavy atom. The van der Waals surface area contributed by atoms with Crippen LogP contribution in [0.4, 0.5) is 10.8 Å². The number of ether oxygens (including phenoxy) is 1. The second kappa shape index (κ2) is 15.0. The molecule has 3 N–H and O–H groups in total. The Labute approximate surface area is 269 Å². The van der Waals surface area contributed by atoms with Crippen molar-refractivity contribution in [3.63, 3.8) is 0 Å². The summed E-state index contributed by atoms with van der Waals surface area (Å²) in [6, 6.07) is 31.1. The number of carbonyl (C=O) groups excluding carboxylic acids is 3. The second-order valence-electron chi connectivity index (χ2n) is 9.87. The SMILES string of the molecule is COc1ccc(-c2csc(NC(=O)CSc3cccc(NC(=O)/C(=C/c4ccc(C)cc4)NC(=O)c4ccccc4)c3)n2)cc1. The molecule has 0 saturated carbocycles. The summed E-state index contributed by atoms with van der Waals surface area (Å²) in [5.74, 6) is -0.151. The lowest BCUT2D eigenvalue weighted by Gasteiger charge is -2.12. The lowest BCUT2D eigenvalue weighted by atomic mass is 10.1. The van der Waals surface area contributed by atoms with Crippen LogP contribution in [0.2, 0.25) is 0 Å². The number of carbonyl (C=O) groups is 3. The number of rotatable bonds is 11. The largest absolute Gasteiger partial charge is 0.497 e. The minimum Gasteiger partial charge on any atom is -0.497 e. The van der Waals surface area contributed by atoms with Crippen LogP contribution in [0.25, 0.3) is 17.3 Å². The van der Waals surface area contributed by atoms with Crippen molar-refractivity contribution in [3.05, 3.63) is 131 Å². The molecule has 0 aliphatic heterocycles. The van der Waals surface area contributed by atoms with Crippen LogP contribution in [0.5, 0.6) is 5.75 Å². The van der Waals surface area contributed by atoms with E-state index >= 15 is 0 Å². The molecule has 0 saturated heterocycles. The number of anilines is 2. The maximum absolute atomic E-state index is 13.4. The quantitative estimate of drug-likeness (QED) is 0.104. The van der Waals surface area contributed by atoms with Crippen molar-refractivity contribution in [3.8, 4) is 17.0 Å². The fourth-order valence-corrected chi connectivity index (χ4v) is 5.65. The lowest BCUT2D eigenvalue weighted by Crippen LogP contribution is -2.30. The van der Waals surface area contributed by atoms with Gasteiger partial charge in [0, 0.05) is 27.1 Å². The summed E-state index contributed by atoms with van der Waals surface area (Å²) < 4.78 is 5.20. The molecular formula is C35H30N4O4S2. The first-order valence-electron chi connectivity index (χ1n) is 13.9. The monoisotopic (exact) mass is 634 g/mol. The summed E-state index contributed by atoms with van der Waals surface area (Å²) in [6.45, 7) is 1.98. The predicted octanol–water partition coefficient (Wildman–Crippen LogP) is 7.27. The first-order chi connectivity index (χ1) is 21.9. The summed E-state index contributed by atoms with van der Waals surface area (Å²) in [5, 5.41) is 10.9. The fraction of sp³-hybridized carbons (Fsp3) is 0.0857. The number of aromatic nitrogens is 1. The fourth-order valence-electron chi connectivity index (χ4n) is 4.16. The van der Waals surface area contributed by atoms with E-state index in [4.69, 9.17) is 4.74 Å². The van der Waals surface area contributed by atoms with Gasteiger partial charge >= 0.3 is 0 Å². The van der Waals surface area contributed by atoms with Crippen LogP contribution in [-0.4, -0.2) is 35.6 Å². The summed E-state index contributed by atoms with van der Waals surface area (Å²) in [5.41, 5.74) is 4.61. The first kappa shape index (κ1) is 31.2. The Hall–Kier alpha value is -5.19. The maximum atomic E-state index is 13.4. The van der Waals surface area contributed by atoms with Gasteiger partial charge in [0.05, 0.1) is 18.6 Å². The Morgan fingerprint density at radius 3 is 2.38 bits per heavy atom. The van der Waals surface area contributed by atoms with Crippen LogP contribution in [0.1, 0.15) is 21.5 Å². The molecule has 0 radical (unpaired) electrons. The number of thiazole rings is 1. The van der Waals surface area contributed by atoms with Crippen LogP contribution >= 0.6 is 23.1 Å². The molecule has 0 unspecified atom stereocenters. The molecule has 0 fully saturated rings. The van der Waals surface area contributed by atoms with Gasteiger partial charge in [-0.15, -0.1) is 23.1 Å². The van der Waals surface area contributed by atoms with Crippen LogP contribution in [-0.2, 0) is 9.59 Å². The van der Waals surface area contributed by atoms with Crippen LogP contribution in [0, 0.1) is 6.92 Å². The average molecular weight is 635 g/mol. The number of methoxy groups -OCH3 is 1. The number of hydrogen-bond donors (Lipinski definition) is 3. The van der Waals surface area contributed by atoms with Gasteiger partial charge in [0.25, 0.3) is 11.8 Å². The highest BCUT2D eigenvalue weighted by Gasteiger charge is 2.16. The summed E-state index contributed by atoms with van der Waals surface area (Å²) in [7, 11) is 1.62. The average Bonchev–Trinajstić information content (AvgIpc) is 3.53. The van der Waals surface area contributed by atoms with E-state index < -0.39 is 11.8 Å². The number of thioether (sulfide) groups is 1. The summed E-state index contributed by atoms with van der Waals surface area (Å²) in [6.07, 6.45) is 1.64. The minimum absolute atomic E-state index is 0.0996. The third-order valence-electron chi connectivity index (χ3n) is 6.52. The van der Waals surface area contributed by atoms with Crippen molar-refractivity contribution in [2.45, 2.75) is 11.8 Å². The molecule has 5 rings (SSSR count). The van der Waals surface area contributed by atoms with Crippen molar-refractivity contribution in [1.29, 1.82) is 0 Å². The smallest absolute Gasteiger partial charge is 0.272 e. The number of nitrogens with zero attached hydrogens (tertiary/aromatic N) is 1. The summed E-state index contributed by atoms with van der Waals surface area (Å²) in [4.78, 5) is 44.3. The van der Waals surface area contributed by atoms with Gasteiger partial charge < -0.3 is 20.7 Å². The molecule has 1 heterocycles. The van der Waals surface area contributed by atoms with E-state index in [2.05, 4.69) is 20.9 Å². The first-order valence-corrected chi connectivity index (χ1v) is 15.8. The van der Waals surface area contributed by atoms with Gasteiger partial charge in [-0.2, -0.15) is 0 Å². The molecule has 45 heavy (non-hydrogen) atoms. The van der Waals surface area contributed by atoms with E-state index in [9.17, 15) is 14.4 Å². The Bertz CT molecular complexity index is 1820. The van der Waals surface area contributed by atoms with Gasteiger partial charge in [0.1, 0.15) is 11.4 Å². The number of hydrogen-bond acceptors (Lipinski definition) is 7. The molecular weight excluding hydrogens is 605 g/mol. The molecule has 226 valence electrons. The highest BCUT2D eigenvalue weighted by Crippen LogP contribution is 2.27. The van der Waals surface area contributed by atoms with Gasteiger partial charge in [-0.25, -0.2) is 4.98 Å². The van der Waals surface area contributed by atoms with Crippen LogP contribution in [0.3, 0.4) is 0 Å². The van der Waals surface area contributed by atoms with E-state index in [0.717, 1.165) is 33.0 Å². The van der Waals surface area contributed by atoms with E-state index in [-0.39, 0.29) is 17.4 Å². The van der Waals surface area contributed by atoms with E-state index in [1.807, 2.05) is 73.0 Å². The van der Waals surface area contributed by atoms with Crippen molar-refractivity contribution >= 4 is 57.7 Å². The Balaban J connectivity index is 1.21. The van der Waals surface area contributed by atoms with Crippen LogP contribution in [0.15, 0.2) is 119 Å². The van der Waals surface area contributed by atoms with E-state index in [0.29, 0.717) is 16.4 Å². The molecule has 5 aromatic rings. The zero-order chi connectivity index (χ0) is 31.6. The highest BCUT2D eigenvalue weighted by molar-refractivity contribution is 8.00. The normalized spacial score (nSPS) is 11.0. The molecule has 3 amide bonds. The minimum atomic E-state index is -0.476. The van der Waals surface area contributed by atoms with E-state index in [1.165, 1.54) is 23.1 Å². The summed E-state index contributed by atoms with van der Waals surface area (Å²) >= 11 is 2.69. The Morgan fingerprint density at radius 1 is 0.889 bits per heavy atom. The van der Waals surface area contributed by atoms with Crippen molar-refractivity contribution in [2.24, 2.45) is 0 Å². The Kier molecular flexibility index (Phi) is 10.4. The number of amides is 3. The predicted molar refractivity (Wildman–Crippen MR) is 182 cm³/mol. The third kappa shape index (κ3) is 8.91. The molecule has 0 atom stereocenters. The van der Waals surface area contributed by atoms with Crippen molar-refractivity contribution in [1.82, 2.24) is 10.3 Å². The number of nitrogens with one attached hydrogen (secondary N) is 3.